The summed E-state index contributed by atoms with van der Waals surface area (Å²) in [5.41, 5.74) is 10.9. The summed E-state index contributed by atoms with van der Waals surface area (Å²) in [5, 5.41) is 25.5. The minimum absolute atomic E-state index is 0.142. The van der Waals surface area contributed by atoms with E-state index in [1.807, 2.05) is 149 Å². The van der Waals surface area contributed by atoms with Crippen LogP contribution in [0.1, 0.15) is 16.7 Å². The SMILES string of the molecule is N#Cc1cc(-c2cc(-n3c4ccccc4c4ccc(-c5cccnc5-c5ccccc5)cc43)c(C#N)c(-n3c4ccccc4c4ccc(-c5cccnc5-c5ccccc5)cc43)c2)cc(C(F)(F)F)c1. The molecule has 0 saturated heterocycles. The fraction of sp³-hybridized carbons (Fsp3) is 0.0164. The topological polar surface area (TPSA) is 83.2 Å². The van der Waals surface area contributed by atoms with Crippen molar-refractivity contribution in [3.63, 3.8) is 0 Å². The zero-order valence-electron chi connectivity index (χ0n) is 37.0. The second-order valence-electron chi connectivity index (χ2n) is 17.1. The van der Waals surface area contributed by atoms with Crippen LogP contribution in [0.15, 0.2) is 213 Å². The molecule has 0 amide bonds. The monoisotopic (exact) mass is 908 g/mol. The first-order chi connectivity index (χ1) is 34.3. The number of aromatic nitrogens is 4. The van der Waals surface area contributed by atoms with Crippen LogP contribution in [0.4, 0.5) is 13.2 Å². The molecule has 4 heterocycles. The van der Waals surface area contributed by atoms with Gasteiger partial charge >= 0.3 is 6.18 Å². The number of pyridine rings is 2. The molecule has 330 valence electrons. The van der Waals surface area contributed by atoms with E-state index in [9.17, 15) is 23.7 Å². The Kier molecular flexibility index (Phi) is 9.94. The standard InChI is InChI=1S/C61H35F3N6/c62-61(63,64)45-30-38(36-65)29-43(31-45)44-34-57(69-53-21-9-7-17-48(53)50-25-23-41(32-55(50)69)46-19-11-27-67-59(46)39-13-3-1-4-14-39)52(37-66)58(35-44)70-54-22-10-8-18-49(54)51-26-24-42(33-56(51)70)47-20-12-28-68-60(47)40-15-5-2-6-16-40/h1-35H. The Morgan fingerprint density at radius 1 is 0.386 bits per heavy atom. The number of para-hydroxylation sites is 2. The molecule has 0 bridgehead atoms. The summed E-state index contributed by atoms with van der Waals surface area (Å²) >= 11 is 0. The molecule has 8 aromatic carbocycles. The molecule has 0 aliphatic carbocycles. The summed E-state index contributed by atoms with van der Waals surface area (Å²) in [5.74, 6) is 0. The summed E-state index contributed by atoms with van der Waals surface area (Å²) in [4.78, 5) is 9.63. The highest BCUT2D eigenvalue weighted by atomic mass is 19.4. The lowest BCUT2D eigenvalue weighted by molar-refractivity contribution is -0.137. The van der Waals surface area contributed by atoms with Crippen molar-refractivity contribution in [3.8, 4) is 79.4 Å². The first-order valence-electron chi connectivity index (χ1n) is 22.6. The van der Waals surface area contributed by atoms with Crippen LogP contribution < -0.4 is 0 Å². The van der Waals surface area contributed by atoms with E-state index in [1.165, 1.54) is 6.07 Å². The van der Waals surface area contributed by atoms with Crippen LogP contribution in [-0.2, 0) is 6.18 Å². The van der Waals surface area contributed by atoms with E-state index in [0.717, 1.165) is 101 Å². The molecule has 4 aromatic heterocycles. The minimum Gasteiger partial charge on any atom is -0.308 e. The molecule has 70 heavy (non-hydrogen) atoms. The zero-order valence-corrected chi connectivity index (χ0v) is 37.0. The number of benzene rings is 8. The Hall–Kier alpha value is -9.57. The predicted octanol–water partition coefficient (Wildman–Crippen LogP) is 15.8. The molecule has 12 rings (SSSR count). The highest BCUT2D eigenvalue weighted by Crippen LogP contribution is 2.44. The van der Waals surface area contributed by atoms with E-state index in [-0.39, 0.29) is 16.7 Å². The fourth-order valence-electron chi connectivity index (χ4n) is 9.99. The van der Waals surface area contributed by atoms with Crippen LogP contribution >= 0.6 is 0 Å². The van der Waals surface area contributed by atoms with E-state index in [2.05, 4.69) is 42.5 Å². The van der Waals surface area contributed by atoms with Crippen LogP contribution in [-0.4, -0.2) is 19.1 Å². The number of rotatable bonds is 7. The maximum Gasteiger partial charge on any atom is 0.416 e. The van der Waals surface area contributed by atoms with Gasteiger partial charge in [0.15, 0.2) is 0 Å². The quantitative estimate of drug-likeness (QED) is 0.159. The zero-order chi connectivity index (χ0) is 47.5. The largest absolute Gasteiger partial charge is 0.416 e. The van der Waals surface area contributed by atoms with Gasteiger partial charge in [0, 0.05) is 56.2 Å². The summed E-state index contributed by atoms with van der Waals surface area (Å²) < 4.78 is 48.1. The van der Waals surface area contributed by atoms with Crippen molar-refractivity contribution < 1.29 is 13.2 Å². The fourth-order valence-corrected chi connectivity index (χ4v) is 9.99. The summed E-state index contributed by atoms with van der Waals surface area (Å²) in [6, 6.07) is 67.7. The lowest BCUT2D eigenvalue weighted by atomic mass is 9.96. The molecule has 9 heteroatoms. The summed E-state index contributed by atoms with van der Waals surface area (Å²) in [6.07, 6.45) is -1.19. The maximum atomic E-state index is 14.7. The molecule has 0 spiro atoms. The number of hydrogen-bond acceptors (Lipinski definition) is 4. The Labute approximate surface area is 399 Å². The Balaban J connectivity index is 1.19. The third-order valence-corrected chi connectivity index (χ3v) is 13.1. The molecule has 0 aliphatic heterocycles. The second-order valence-corrected chi connectivity index (χ2v) is 17.1. The number of alkyl halides is 3. The molecule has 0 saturated carbocycles. The molecular formula is C61H35F3N6. The van der Waals surface area contributed by atoms with Crippen molar-refractivity contribution in [2.24, 2.45) is 0 Å². The first-order valence-corrected chi connectivity index (χ1v) is 22.6. The van der Waals surface area contributed by atoms with Crippen LogP contribution in [0, 0.1) is 22.7 Å². The summed E-state index contributed by atoms with van der Waals surface area (Å²) in [7, 11) is 0. The van der Waals surface area contributed by atoms with E-state index in [1.54, 1.807) is 24.5 Å². The van der Waals surface area contributed by atoms with E-state index < -0.39 is 11.7 Å². The van der Waals surface area contributed by atoms with Gasteiger partial charge in [0.1, 0.15) is 11.6 Å². The lowest BCUT2D eigenvalue weighted by Crippen LogP contribution is -2.07. The van der Waals surface area contributed by atoms with Crippen LogP contribution in [0.5, 0.6) is 0 Å². The molecule has 12 aromatic rings. The smallest absolute Gasteiger partial charge is 0.308 e. The van der Waals surface area contributed by atoms with Gasteiger partial charge in [-0.25, -0.2) is 0 Å². The Morgan fingerprint density at radius 3 is 1.31 bits per heavy atom. The van der Waals surface area contributed by atoms with E-state index in [4.69, 9.17) is 9.97 Å². The predicted molar refractivity (Wildman–Crippen MR) is 272 cm³/mol. The van der Waals surface area contributed by atoms with Crippen LogP contribution in [0.3, 0.4) is 0 Å². The summed E-state index contributed by atoms with van der Waals surface area (Å²) in [6.45, 7) is 0. The van der Waals surface area contributed by atoms with Crippen molar-refractivity contribution >= 4 is 43.6 Å². The normalized spacial score (nSPS) is 11.6. The minimum atomic E-state index is -4.73. The molecule has 0 N–H and O–H groups in total. The van der Waals surface area contributed by atoms with Crippen molar-refractivity contribution in [2.75, 3.05) is 0 Å². The van der Waals surface area contributed by atoms with Gasteiger partial charge in [-0.1, -0.05) is 133 Å². The van der Waals surface area contributed by atoms with Gasteiger partial charge in [-0.05, 0) is 89.0 Å². The number of halogens is 3. The maximum absolute atomic E-state index is 14.7. The highest BCUT2D eigenvalue weighted by molar-refractivity contribution is 6.12. The second kappa shape index (κ2) is 16.6. The lowest BCUT2D eigenvalue weighted by Gasteiger charge is -2.19. The van der Waals surface area contributed by atoms with Crippen molar-refractivity contribution in [1.82, 2.24) is 19.1 Å². The number of fused-ring (bicyclic) bond motifs is 6. The van der Waals surface area contributed by atoms with Gasteiger partial charge in [0.25, 0.3) is 0 Å². The highest BCUT2D eigenvalue weighted by Gasteiger charge is 2.32. The van der Waals surface area contributed by atoms with Gasteiger partial charge in [-0.2, -0.15) is 23.7 Å². The first kappa shape index (κ1) is 41.8. The Morgan fingerprint density at radius 2 is 0.843 bits per heavy atom. The number of hydrogen-bond donors (Lipinski definition) is 0. The van der Waals surface area contributed by atoms with E-state index >= 15 is 0 Å². The van der Waals surface area contributed by atoms with Gasteiger partial charge in [0.2, 0.25) is 0 Å². The van der Waals surface area contributed by atoms with Crippen LogP contribution in [0.2, 0.25) is 0 Å². The van der Waals surface area contributed by atoms with Crippen molar-refractivity contribution in [1.29, 1.82) is 10.5 Å². The van der Waals surface area contributed by atoms with Gasteiger partial charge in [0.05, 0.1) is 62.0 Å². The Bertz CT molecular complexity index is 3920. The molecule has 0 aliphatic rings. The molecule has 0 atom stereocenters. The average molecular weight is 909 g/mol. The molecule has 0 fully saturated rings. The average Bonchev–Trinajstić information content (AvgIpc) is 3.92. The van der Waals surface area contributed by atoms with E-state index in [0.29, 0.717) is 16.9 Å². The molecule has 0 unspecified atom stereocenters. The van der Waals surface area contributed by atoms with Gasteiger partial charge in [-0.3, -0.25) is 9.97 Å². The van der Waals surface area contributed by atoms with Crippen molar-refractivity contribution in [3.05, 3.63) is 229 Å². The molecule has 0 radical (unpaired) electrons. The van der Waals surface area contributed by atoms with Gasteiger partial charge < -0.3 is 9.13 Å². The third kappa shape index (κ3) is 6.96. The number of nitrogens with zero attached hydrogens (tertiary/aromatic N) is 6. The number of nitriles is 2. The van der Waals surface area contributed by atoms with Gasteiger partial charge in [-0.15, -0.1) is 0 Å². The van der Waals surface area contributed by atoms with Crippen LogP contribution in [0.25, 0.3) is 111 Å². The van der Waals surface area contributed by atoms with Crippen molar-refractivity contribution in [2.45, 2.75) is 6.18 Å². The molecular weight excluding hydrogens is 874 g/mol. The third-order valence-electron chi connectivity index (χ3n) is 13.1. The molecule has 6 nitrogen and oxygen atoms in total.